The van der Waals surface area contributed by atoms with Gasteiger partial charge in [0.25, 0.3) is 0 Å². The minimum atomic E-state index is 0.582. The molecule has 9 aromatic rings. The average molecular weight is 622 g/mol. The van der Waals surface area contributed by atoms with Crippen LogP contribution in [0.5, 0.6) is 0 Å². The molecule has 0 saturated carbocycles. The van der Waals surface area contributed by atoms with Gasteiger partial charge in [-0.15, -0.1) is 0 Å². The third-order valence-corrected chi connectivity index (χ3v) is 9.64. The second-order valence-electron chi connectivity index (χ2n) is 12.2. The lowest BCUT2D eigenvalue weighted by Gasteiger charge is -2.22. The van der Waals surface area contributed by atoms with Crippen LogP contribution in [0.4, 0.5) is 5.69 Å². The van der Waals surface area contributed by atoms with E-state index in [1.54, 1.807) is 0 Å². The van der Waals surface area contributed by atoms with E-state index in [9.17, 15) is 5.26 Å². The van der Waals surface area contributed by atoms with Crippen LogP contribution in [-0.4, -0.2) is 4.57 Å². The summed E-state index contributed by atoms with van der Waals surface area (Å²) in [6, 6.07) is 59.0. The lowest BCUT2D eigenvalue weighted by molar-refractivity contribution is 1.18. The third-order valence-electron chi connectivity index (χ3n) is 9.64. The van der Waals surface area contributed by atoms with Gasteiger partial charge in [-0.1, -0.05) is 133 Å². The number of fused-ring (bicyclic) bond motifs is 5. The number of nitriles is 1. The van der Waals surface area contributed by atoms with Crippen LogP contribution in [0.15, 0.2) is 164 Å². The minimum absolute atomic E-state index is 0.582. The van der Waals surface area contributed by atoms with E-state index in [0.29, 0.717) is 11.3 Å². The van der Waals surface area contributed by atoms with Crippen LogP contribution < -0.4 is 0 Å². The second-order valence-corrected chi connectivity index (χ2v) is 12.2. The number of nitrogens with zero attached hydrogens (tertiary/aromatic N) is 3. The van der Waals surface area contributed by atoms with Crippen LogP contribution in [0.1, 0.15) is 5.56 Å². The zero-order valence-electron chi connectivity index (χ0n) is 26.4. The largest absolute Gasteiger partial charge is 0.310 e. The smallest absolute Gasteiger partial charge is 0.197 e. The maximum atomic E-state index is 9.74. The van der Waals surface area contributed by atoms with E-state index in [1.807, 2.05) is 42.5 Å². The van der Waals surface area contributed by atoms with Crippen molar-refractivity contribution in [3.05, 3.63) is 181 Å². The maximum Gasteiger partial charge on any atom is 0.197 e. The number of hydrogen-bond donors (Lipinski definition) is 0. The molecule has 0 atom stereocenters. The minimum Gasteiger partial charge on any atom is -0.310 e. The molecule has 3 heteroatoms. The average Bonchev–Trinajstić information content (AvgIpc) is 3.50. The van der Waals surface area contributed by atoms with Gasteiger partial charge in [0.2, 0.25) is 0 Å². The van der Waals surface area contributed by atoms with E-state index >= 15 is 0 Å². The fraction of sp³-hybridized carbons (Fsp3) is 0. The van der Waals surface area contributed by atoms with Crippen molar-refractivity contribution in [2.24, 2.45) is 0 Å². The fourth-order valence-electron chi connectivity index (χ4n) is 7.64. The van der Waals surface area contributed by atoms with E-state index in [0.717, 1.165) is 60.5 Å². The summed E-state index contributed by atoms with van der Waals surface area (Å²) in [6.07, 6.45) is 0. The van der Waals surface area contributed by atoms with Gasteiger partial charge in [-0.05, 0) is 79.7 Å². The molecule has 0 bridgehead atoms. The third kappa shape index (κ3) is 4.35. The Morgan fingerprint density at radius 3 is 1.67 bits per heavy atom. The lowest BCUT2D eigenvalue weighted by atomic mass is 9.83. The summed E-state index contributed by atoms with van der Waals surface area (Å²) < 4.78 is 2.25. The van der Waals surface area contributed by atoms with Gasteiger partial charge >= 0.3 is 0 Å². The normalized spacial score (nSPS) is 11.2. The van der Waals surface area contributed by atoms with Gasteiger partial charge in [0.1, 0.15) is 0 Å². The van der Waals surface area contributed by atoms with Crippen LogP contribution in [-0.2, 0) is 0 Å². The zero-order chi connectivity index (χ0) is 32.9. The Labute approximate surface area is 284 Å². The summed E-state index contributed by atoms with van der Waals surface area (Å²) in [5.74, 6) is 0. The van der Waals surface area contributed by atoms with E-state index in [2.05, 4.69) is 137 Å². The van der Waals surface area contributed by atoms with Gasteiger partial charge in [-0.25, -0.2) is 4.85 Å². The highest BCUT2D eigenvalue weighted by atomic mass is 15.0. The Balaban J connectivity index is 1.41. The number of para-hydroxylation sites is 1. The predicted octanol–water partition coefficient (Wildman–Crippen LogP) is 12.5. The highest BCUT2D eigenvalue weighted by Gasteiger charge is 2.23. The van der Waals surface area contributed by atoms with Crippen molar-refractivity contribution in [3.8, 4) is 45.1 Å². The highest BCUT2D eigenvalue weighted by molar-refractivity contribution is 6.23. The number of benzene rings is 8. The molecule has 1 aromatic heterocycles. The fourth-order valence-corrected chi connectivity index (χ4v) is 7.64. The lowest BCUT2D eigenvalue weighted by Crippen LogP contribution is -1.99. The first-order valence-electron chi connectivity index (χ1n) is 16.3. The van der Waals surface area contributed by atoms with E-state index < -0.39 is 0 Å². The molecule has 0 aliphatic heterocycles. The molecule has 0 aliphatic carbocycles. The molecule has 0 fully saturated rings. The van der Waals surface area contributed by atoms with Gasteiger partial charge in [-0.3, -0.25) is 0 Å². The molecule has 0 amide bonds. The van der Waals surface area contributed by atoms with Gasteiger partial charge in [0, 0.05) is 22.0 Å². The Morgan fingerprint density at radius 1 is 0.469 bits per heavy atom. The molecular formula is C46H27N3. The van der Waals surface area contributed by atoms with E-state index in [1.165, 1.54) is 21.9 Å². The summed E-state index contributed by atoms with van der Waals surface area (Å²) in [5.41, 5.74) is 10.6. The van der Waals surface area contributed by atoms with Crippen LogP contribution in [0, 0.1) is 17.9 Å². The zero-order valence-corrected chi connectivity index (χ0v) is 26.4. The van der Waals surface area contributed by atoms with Crippen LogP contribution in [0.25, 0.3) is 87.3 Å². The SMILES string of the molecule is [C-]#[N+]c1cccc(-n2c3ccccc3c3cc(C#N)ccc32)c1-c1ccccc1-c1c2ccccc2c(-c2ccccc2)c2ccccc12. The standard InChI is InChI=1S/C46H27N3/c1-48-40-23-13-25-43(49-41-24-12-11-16-32(41)39-28-30(29-47)26-27-42(39)49)46(40)38-22-10-9-21-37(38)45-35-19-7-5-17-33(35)44(31-14-3-2-4-15-31)34-18-6-8-20-36(34)45/h2-28H. The number of aromatic nitrogens is 1. The van der Waals surface area contributed by atoms with Crippen molar-refractivity contribution in [2.45, 2.75) is 0 Å². The molecule has 49 heavy (non-hydrogen) atoms. The molecule has 0 aliphatic rings. The van der Waals surface area contributed by atoms with Crippen LogP contribution in [0.3, 0.4) is 0 Å². The van der Waals surface area contributed by atoms with Gasteiger partial charge in [0.15, 0.2) is 5.69 Å². The maximum absolute atomic E-state index is 9.74. The Morgan fingerprint density at radius 2 is 1.02 bits per heavy atom. The molecule has 0 spiro atoms. The van der Waals surface area contributed by atoms with Crippen LogP contribution in [0.2, 0.25) is 0 Å². The monoisotopic (exact) mass is 621 g/mol. The first-order valence-corrected chi connectivity index (χ1v) is 16.3. The summed E-state index contributed by atoms with van der Waals surface area (Å²) >= 11 is 0. The molecular weight excluding hydrogens is 595 g/mol. The van der Waals surface area contributed by atoms with Crippen molar-refractivity contribution in [3.63, 3.8) is 0 Å². The molecule has 8 aromatic carbocycles. The van der Waals surface area contributed by atoms with Crippen molar-refractivity contribution < 1.29 is 0 Å². The van der Waals surface area contributed by atoms with Crippen molar-refractivity contribution >= 4 is 49.0 Å². The first-order chi connectivity index (χ1) is 24.3. The Kier molecular flexibility index (Phi) is 6.58. The summed E-state index contributed by atoms with van der Waals surface area (Å²) in [4.78, 5) is 4.11. The second kappa shape index (κ2) is 11.4. The molecule has 0 saturated heterocycles. The molecule has 0 unspecified atom stereocenters. The van der Waals surface area contributed by atoms with E-state index in [-0.39, 0.29) is 0 Å². The molecule has 9 rings (SSSR count). The van der Waals surface area contributed by atoms with Gasteiger partial charge in [-0.2, -0.15) is 5.26 Å². The quantitative estimate of drug-likeness (QED) is 0.142. The first kappa shape index (κ1) is 28.3. The number of hydrogen-bond acceptors (Lipinski definition) is 1. The number of rotatable bonds is 4. The summed E-state index contributed by atoms with van der Waals surface area (Å²) in [7, 11) is 0. The van der Waals surface area contributed by atoms with Crippen molar-refractivity contribution in [2.75, 3.05) is 0 Å². The molecule has 3 nitrogen and oxygen atoms in total. The summed E-state index contributed by atoms with van der Waals surface area (Å²) in [5, 5.41) is 16.5. The molecule has 1 heterocycles. The van der Waals surface area contributed by atoms with Crippen molar-refractivity contribution in [1.82, 2.24) is 4.57 Å². The molecule has 0 radical (unpaired) electrons. The van der Waals surface area contributed by atoms with E-state index in [4.69, 9.17) is 6.57 Å². The Bertz CT molecular complexity index is 2790. The predicted molar refractivity (Wildman–Crippen MR) is 203 cm³/mol. The molecule has 0 N–H and O–H groups in total. The molecule has 226 valence electrons. The Hall–Kier alpha value is -6.94. The van der Waals surface area contributed by atoms with Crippen molar-refractivity contribution in [1.29, 1.82) is 5.26 Å². The highest BCUT2D eigenvalue weighted by Crippen LogP contribution is 2.49. The topological polar surface area (TPSA) is 33.1 Å². The summed E-state index contributed by atoms with van der Waals surface area (Å²) in [6.45, 7) is 8.38. The van der Waals surface area contributed by atoms with Gasteiger partial charge in [0.05, 0.1) is 29.2 Å². The van der Waals surface area contributed by atoms with Gasteiger partial charge < -0.3 is 4.57 Å². The van der Waals surface area contributed by atoms with Crippen LogP contribution >= 0.6 is 0 Å².